The average molecular weight is 144 g/mol. The first kappa shape index (κ1) is 8.02. The van der Waals surface area contributed by atoms with E-state index in [1.165, 1.54) is 0 Å². The van der Waals surface area contributed by atoms with E-state index in [-0.39, 0.29) is 17.6 Å². The van der Waals surface area contributed by atoms with Crippen LogP contribution in [0, 0.1) is 11.3 Å². The molecule has 0 heterocycles. The molecule has 1 saturated carbocycles. The van der Waals surface area contributed by atoms with Crippen molar-refractivity contribution in [3.63, 3.8) is 0 Å². The maximum absolute atomic E-state index is 9.47. The van der Waals surface area contributed by atoms with Gasteiger partial charge in [-0.1, -0.05) is 20.8 Å². The van der Waals surface area contributed by atoms with Crippen molar-refractivity contribution in [1.29, 1.82) is 0 Å². The summed E-state index contributed by atoms with van der Waals surface area (Å²) >= 11 is 0. The van der Waals surface area contributed by atoms with Crippen LogP contribution < -0.4 is 0 Å². The third-order valence-electron chi connectivity index (χ3n) is 2.73. The van der Waals surface area contributed by atoms with Crippen LogP contribution in [-0.4, -0.2) is 24.4 Å². The third-order valence-corrected chi connectivity index (χ3v) is 2.73. The number of methoxy groups -OCH3 is 1. The van der Waals surface area contributed by atoms with Crippen molar-refractivity contribution in [2.75, 3.05) is 7.11 Å². The second kappa shape index (κ2) is 2.21. The van der Waals surface area contributed by atoms with Gasteiger partial charge >= 0.3 is 0 Å². The summed E-state index contributed by atoms with van der Waals surface area (Å²) < 4.78 is 5.22. The minimum Gasteiger partial charge on any atom is -0.392 e. The highest BCUT2D eigenvalue weighted by atomic mass is 16.5. The smallest absolute Gasteiger partial charge is 0.0697 e. The fourth-order valence-electron chi connectivity index (χ4n) is 2.09. The Morgan fingerprint density at radius 3 is 2.10 bits per heavy atom. The standard InChI is InChI=1S/C8H16O2/c1-5-6(9)8(2,3)7(5)10-4/h5-7,9H,1-4H3. The summed E-state index contributed by atoms with van der Waals surface area (Å²) in [5.74, 6) is 0.292. The van der Waals surface area contributed by atoms with Crippen molar-refractivity contribution in [1.82, 2.24) is 0 Å². The van der Waals surface area contributed by atoms with Crippen molar-refractivity contribution in [2.45, 2.75) is 33.0 Å². The van der Waals surface area contributed by atoms with Gasteiger partial charge in [0, 0.05) is 18.4 Å². The number of hydrogen-bond donors (Lipinski definition) is 1. The molecule has 0 aromatic rings. The van der Waals surface area contributed by atoms with Crippen molar-refractivity contribution in [3.8, 4) is 0 Å². The van der Waals surface area contributed by atoms with E-state index in [1.807, 2.05) is 20.8 Å². The normalized spacial score (nSPS) is 44.7. The average Bonchev–Trinajstić information content (AvgIpc) is 1.88. The third kappa shape index (κ3) is 0.789. The molecular weight excluding hydrogens is 128 g/mol. The Kier molecular flexibility index (Phi) is 1.77. The Morgan fingerprint density at radius 2 is 1.90 bits per heavy atom. The topological polar surface area (TPSA) is 29.5 Å². The van der Waals surface area contributed by atoms with Gasteiger partial charge in [-0.2, -0.15) is 0 Å². The molecule has 0 aromatic heterocycles. The monoisotopic (exact) mass is 144 g/mol. The quantitative estimate of drug-likeness (QED) is 0.595. The van der Waals surface area contributed by atoms with Gasteiger partial charge in [-0.05, 0) is 0 Å². The molecule has 0 spiro atoms. The summed E-state index contributed by atoms with van der Waals surface area (Å²) in [6.45, 7) is 6.09. The first-order chi connectivity index (χ1) is 4.51. The largest absolute Gasteiger partial charge is 0.392 e. The highest BCUT2D eigenvalue weighted by molar-refractivity contribution is 5.03. The molecular formula is C8H16O2. The van der Waals surface area contributed by atoms with Crippen molar-refractivity contribution < 1.29 is 9.84 Å². The van der Waals surface area contributed by atoms with E-state index in [2.05, 4.69) is 0 Å². The Balaban J connectivity index is 2.61. The van der Waals surface area contributed by atoms with E-state index in [4.69, 9.17) is 4.74 Å². The zero-order chi connectivity index (χ0) is 7.94. The van der Waals surface area contributed by atoms with Gasteiger partial charge in [-0.3, -0.25) is 0 Å². The highest BCUT2D eigenvalue weighted by Gasteiger charge is 2.53. The number of rotatable bonds is 1. The van der Waals surface area contributed by atoms with Crippen molar-refractivity contribution in [3.05, 3.63) is 0 Å². The molecule has 0 aliphatic heterocycles. The van der Waals surface area contributed by atoms with Crippen LogP contribution in [0.5, 0.6) is 0 Å². The molecule has 2 nitrogen and oxygen atoms in total. The minimum absolute atomic E-state index is 0.0475. The number of aliphatic hydroxyl groups excluding tert-OH is 1. The molecule has 2 heteroatoms. The molecule has 0 amide bonds. The van der Waals surface area contributed by atoms with Gasteiger partial charge in [0.05, 0.1) is 12.2 Å². The van der Waals surface area contributed by atoms with Gasteiger partial charge in [0.2, 0.25) is 0 Å². The molecule has 1 aliphatic carbocycles. The maximum Gasteiger partial charge on any atom is 0.0697 e. The summed E-state index contributed by atoms with van der Waals surface area (Å²) in [5.41, 5.74) is -0.0475. The van der Waals surface area contributed by atoms with Crippen LogP contribution in [0.15, 0.2) is 0 Å². The number of aliphatic hydroxyl groups is 1. The molecule has 1 N–H and O–H groups in total. The van der Waals surface area contributed by atoms with Gasteiger partial charge in [0.15, 0.2) is 0 Å². The minimum atomic E-state index is -0.197. The predicted octanol–water partition coefficient (Wildman–Crippen LogP) is 1.04. The molecule has 3 unspecified atom stereocenters. The molecule has 1 rings (SSSR count). The zero-order valence-electron chi connectivity index (χ0n) is 7.09. The lowest BCUT2D eigenvalue weighted by Gasteiger charge is -2.53. The first-order valence-electron chi connectivity index (χ1n) is 3.72. The van der Waals surface area contributed by atoms with E-state index in [1.54, 1.807) is 7.11 Å². The van der Waals surface area contributed by atoms with Crippen LogP contribution in [0.4, 0.5) is 0 Å². The molecule has 1 aliphatic rings. The highest BCUT2D eigenvalue weighted by Crippen LogP contribution is 2.46. The van der Waals surface area contributed by atoms with Gasteiger partial charge in [-0.25, -0.2) is 0 Å². The van der Waals surface area contributed by atoms with E-state index in [0.29, 0.717) is 5.92 Å². The molecule has 0 radical (unpaired) electrons. The molecule has 10 heavy (non-hydrogen) atoms. The van der Waals surface area contributed by atoms with E-state index in [0.717, 1.165) is 0 Å². The van der Waals surface area contributed by atoms with Crippen LogP contribution in [-0.2, 0) is 4.74 Å². The molecule has 0 saturated heterocycles. The van der Waals surface area contributed by atoms with Crippen LogP contribution in [0.3, 0.4) is 0 Å². The van der Waals surface area contributed by atoms with Gasteiger partial charge in [-0.15, -0.1) is 0 Å². The van der Waals surface area contributed by atoms with Crippen molar-refractivity contribution in [2.24, 2.45) is 11.3 Å². The predicted molar refractivity (Wildman–Crippen MR) is 39.7 cm³/mol. The Labute approximate surface area is 62.2 Å². The Hall–Kier alpha value is -0.0800. The molecule has 60 valence electrons. The maximum atomic E-state index is 9.47. The van der Waals surface area contributed by atoms with Gasteiger partial charge in [0.1, 0.15) is 0 Å². The van der Waals surface area contributed by atoms with Gasteiger partial charge < -0.3 is 9.84 Å². The fraction of sp³-hybridized carbons (Fsp3) is 1.00. The van der Waals surface area contributed by atoms with Crippen LogP contribution in [0.1, 0.15) is 20.8 Å². The lowest BCUT2D eigenvalue weighted by atomic mass is 9.60. The van der Waals surface area contributed by atoms with Crippen LogP contribution in [0.25, 0.3) is 0 Å². The second-order valence-corrected chi connectivity index (χ2v) is 3.78. The lowest BCUT2D eigenvalue weighted by molar-refractivity contribution is -0.207. The Bertz CT molecular complexity index is 131. The summed E-state index contributed by atoms with van der Waals surface area (Å²) in [7, 11) is 1.70. The van der Waals surface area contributed by atoms with Gasteiger partial charge in [0.25, 0.3) is 0 Å². The Morgan fingerprint density at radius 1 is 1.40 bits per heavy atom. The fourth-order valence-corrected chi connectivity index (χ4v) is 2.09. The first-order valence-corrected chi connectivity index (χ1v) is 3.72. The molecule has 0 aromatic carbocycles. The SMILES string of the molecule is COC1C(C)C(O)C1(C)C. The summed E-state index contributed by atoms with van der Waals surface area (Å²) in [6.07, 6.45) is 0.0277. The van der Waals surface area contributed by atoms with Crippen molar-refractivity contribution >= 4 is 0 Å². The van der Waals surface area contributed by atoms with Crippen LogP contribution in [0.2, 0.25) is 0 Å². The molecule has 0 bridgehead atoms. The van der Waals surface area contributed by atoms with E-state index in [9.17, 15) is 5.11 Å². The van der Waals surface area contributed by atoms with Crippen LogP contribution >= 0.6 is 0 Å². The zero-order valence-corrected chi connectivity index (χ0v) is 7.09. The van der Waals surface area contributed by atoms with E-state index < -0.39 is 0 Å². The number of hydrogen-bond acceptors (Lipinski definition) is 2. The number of ether oxygens (including phenoxy) is 1. The van der Waals surface area contributed by atoms with E-state index >= 15 is 0 Å². The summed E-state index contributed by atoms with van der Waals surface area (Å²) in [6, 6.07) is 0. The lowest BCUT2D eigenvalue weighted by Crippen LogP contribution is -2.61. The molecule has 3 atom stereocenters. The second-order valence-electron chi connectivity index (χ2n) is 3.78. The summed E-state index contributed by atoms with van der Waals surface area (Å²) in [5, 5.41) is 9.47. The summed E-state index contributed by atoms with van der Waals surface area (Å²) in [4.78, 5) is 0. The molecule has 1 fully saturated rings.